The summed E-state index contributed by atoms with van der Waals surface area (Å²) < 4.78 is 19.5. The van der Waals surface area contributed by atoms with Crippen molar-refractivity contribution in [2.75, 3.05) is 37.7 Å². The molecule has 2 fully saturated rings. The van der Waals surface area contributed by atoms with E-state index in [2.05, 4.69) is 0 Å². The highest BCUT2D eigenvalue weighted by molar-refractivity contribution is 5.51. The lowest BCUT2D eigenvalue weighted by atomic mass is 9.95. The van der Waals surface area contributed by atoms with Gasteiger partial charge in [-0.2, -0.15) is 0 Å². The van der Waals surface area contributed by atoms with Crippen molar-refractivity contribution in [1.29, 1.82) is 0 Å². The van der Waals surface area contributed by atoms with Crippen molar-refractivity contribution in [1.82, 2.24) is 0 Å². The molecular formula is C14H19FN2O. The first-order chi connectivity index (χ1) is 8.75. The maximum absolute atomic E-state index is 14.2. The number of benzene rings is 1. The third-order valence-corrected chi connectivity index (χ3v) is 4.16. The molecule has 1 aromatic carbocycles. The lowest BCUT2D eigenvalue weighted by Crippen LogP contribution is -2.36. The Kier molecular flexibility index (Phi) is 2.99. The fourth-order valence-corrected chi connectivity index (χ4v) is 2.66. The molecule has 4 heteroatoms. The highest BCUT2D eigenvalue weighted by Crippen LogP contribution is 2.47. The van der Waals surface area contributed by atoms with Crippen LogP contribution in [0.15, 0.2) is 18.2 Å². The Bertz CT molecular complexity index is 439. The quantitative estimate of drug-likeness (QED) is 0.886. The molecule has 2 N–H and O–H groups in total. The molecule has 1 aromatic rings. The molecule has 3 nitrogen and oxygen atoms in total. The maximum atomic E-state index is 14.2. The predicted octanol–water partition coefficient (Wildman–Crippen LogP) is 1.65. The van der Waals surface area contributed by atoms with E-state index in [-0.39, 0.29) is 11.2 Å². The molecule has 0 radical (unpaired) electrons. The third-order valence-electron chi connectivity index (χ3n) is 4.16. The topological polar surface area (TPSA) is 38.5 Å². The van der Waals surface area contributed by atoms with Crippen LogP contribution >= 0.6 is 0 Å². The Labute approximate surface area is 107 Å². The number of halogens is 1. The molecule has 1 saturated heterocycles. The summed E-state index contributed by atoms with van der Waals surface area (Å²) in [4.78, 5) is 2.05. The van der Waals surface area contributed by atoms with E-state index < -0.39 is 0 Å². The molecular weight excluding hydrogens is 231 g/mol. The molecule has 1 saturated carbocycles. The van der Waals surface area contributed by atoms with E-state index in [1.807, 2.05) is 17.0 Å². The van der Waals surface area contributed by atoms with Crippen LogP contribution in [0.3, 0.4) is 0 Å². The summed E-state index contributed by atoms with van der Waals surface area (Å²) in [5.74, 6) is -0.130. The average molecular weight is 250 g/mol. The van der Waals surface area contributed by atoms with Gasteiger partial charge in [0.1, 0.15) is 5.82 Å². The van der Waals surface area contributed by atoms with Gasteiger partial charge in [0.25, 0.3) is 0 Å². The van der Waals surface area contributed by atoms with Crippen molar-refractivity contribution in [2.45, 2.75) is 18.3 Å². The van der Waals surface area contributed by atoms with E-state index in [4.69, 9.17) is 10.5 Å². The molecule has 0 atom stereocenters. The van der Waals surface area contributed by atoms with Gasteiger partial charge in [-0.3, -0.25) is 0 Å². The molecule has 0 spiro atoms. The van der Waals surface area contributed by atoms with Crippen LogP contribution in [0.25, 0.3) is 0 Å². The fraction of sp³-hybridized carbons (Fsp3) is 0.571. The van der Waals surface area contributed by atoms with Gasteiger partial charge in [0.05, 0.1) is 18.9 Å². The highest BCUT2D eigenvalue weighted by Gasteiger charge is 2.43. The zero-order chi connectivity index (χ0) is 12.6. The molecule has 98 valence electrons. The van der Waals surface area contributed by atoms with Gasteiger partial charge in [0, 0.05) is 25.0 Å². The number of hydrogen-bond acceptors (Lipinski definition) is 3. The molecule has 1 heterocycles. The molecule has 1 aliphatic carbocycles. The molecule has 2 aliphatic rings. The van der Waals surface area contributed by atoms with Crippen LogP contribution in [0.2, 0.25) is 0 Å². The Morgan fingerprint density at radius 3 is 2.56 bits per heavy atom. The summed E-state index contributed by atoms with van der Waals surface area (Å²) in [6, 6.07) is 5.60. The third kappa shape index (κ3) is 1.99. The molecule has 1 aliphatic heterocycles. The summed E-state index contributed by atoms with van der Waals surface area (Å²) in [5, 5.41) is 0. The molecule has 0 unspecified atom stereocenters. The van der Waals surface area contributed by atoms with Crippen LogP contribution < -0.4 is 10.6 Å². The van der Waals surface area contributed by atoms with E-state index in [0.717, 1.165) is 31.5 Å². The average Bonchev–Trinajstić information content (AvgIpc) is 3.21. The number of anilines is 1. The minimum atomic E-state index is -0.130. The summed E-state index contributed by atoms with van der Waals surface area (Å²) >= 11 is 0. The lowest BCUT2D eigenvalue weighted by molar-refractivity contribution is 0.122. The van der Waals surface area contributed by atoms with Crippen molar-refractivity contribution in [3.63, 3.8) is 0 Å². The number of nitrogens with two attached hydrogens (primary N) is 1. The maximum Gasteiger partial charge on any atom is 0.146 e. The molecule has 0 aromatic heterocycles. The first kappa shape index (κ1) is 11.9. The second kappa shape index (κ2) is 4.52. The van der Waals surface area contributed by atoms with Gasteiger partial charge in [-0.1, -0.05) is 6.07 Å². The Balaban J connectivity index is 1.84. The van der Waals surface area contributed by atoms with Crippen LogP contribution in [0.1, 0.15) is 18.4 Å². The predicted molar refractivity (Wildman–Crippen MR) is 69.4 cm³/mol. The zero-order valence-corrected chi connectivity index (χ0v) is 10.5. The standard InChI is InChI=1S/C14H19FN2O/c15-12-9-11(14(10-16)3-4-14)1-2-13(12)17-5-7-18-8-6-17/h1-2,9H,3-8,10,16H2. The van der Waals surface area contributed by atoms with E-state index in [1.54, 1.807) is 6.07 Å². The van der Waals surface area contributed by atoms with E-state index in [0.29, 0.717) is 25.4 Å². The van der Waals surface area contributed by atoms with Crippen molar-refractivity contribution in [3.05, 3.63) is 29.6 Å². The van der Waals surface area contributed by atoms with Crippen LogP contribution in [0.5, 0.6) is 0 Å². The van der Waals surface area contributed by atoms with Crippen LogP contribution in [-0.4, -0.2) is 32.8 Å². The first-order valence-electron chi connectivity index (χ1n) is 6.58. The van der Waals surface area contributed by atoms with Gasteiger partial charge in [-0.15, -0.1) is 0 Å². The molecule has 0 bridgehead atoms. The lowest BCUT2D eigenvalue weighted by Gasteiger charge is -2.29. The summed E-state index contributed by atoms with van der Waals surface area (Å²) in [6.45, 7) is 3.49. The highest BCUT2D eigenvalue weighted by atomic mass is 19.1. The molecule has 3 rings (SSSR count). The Hall–Kier alpha value is -1.13. The number of hydrogen-bond donors (Lipinski definition) is 1. The van der Waals surface area contributed by atoms with Crippen LogP contribution in [0, 0.1) is 5.82 Å². The minimum Gasteiger partial charge on any atom is -0.378 e. The SMILES string of the molecule is NCC1(c2ccc(N3CCOCC3)c(F)c2)CC1. The van der Waals surface area contributed by atoms with Crippen molar-refractivity contribution < 1.29 is 9.13 Å². The normalized spacial score (nSPS) is 22.0. The Morgan fingerprint density at radius 2 is 2.00 bits per heavy atom. The molecule has 0 amide bonds. The van der Waals surface area contributed by atoms with Gasteiger partial charge in [-0.05, 0) is 30.5 Å². The monoisotopic (exact) mass is 250 g/mol. The molecule has 18 heavy (non-hydrogen) atoms. The largest absolute Gasteiger partial charge is 0.378 e. The van der Waals surface area contributed by atoms with E-state index >= 15 is 0 Å². The van der Waals surface area contributed by atoms with Gasteiger partial charge >= 0.3 is 0 Å². The second-order valence-electron chi connectivity index (χ2n) is 5.25. The van der Waals surface area contributed by atoms with Gasteiger partial charge < -0.3 is 15.4 Å². The fourth-order valence-electron chi connectivity index (χ4n) is 2.66. The van der Waals surface area contributed by atoms with E-state index in [9.17, 15) is 4.39 Å². The smallest absolute Gasteiger partial charge is 0.146 e. The van der Waals surface area contributed by atoms with Crippen LogP contribution in [-0.2, 0) is 10.2 Å². The summed E-state index contributed by atoms with van der Waals surface area (Å²) in [7, 11) is 0. The number of morpholine rings is 1. The Morgan fingerprint density at radius 1 is 1.28 bits per heavy atom. The number of nitrogens with zero attached hydrogens (tertiary/aromatic N) is 1. The minimum absolute atomic E-state index is 0.0599. The first-order valence-corrected chi connectivity index (χ1v) is 6.58. The summed E-state index contributed by atoms with van der Waals surface area (Å²) in [6.07, 6.45) is 2.17. The summed E-state index contributed by atoms with van der Waals surface area (Å²) in [5.41, 5.74) is 7.59. The number of ether oxygens (including phenoxy) is 1. The zero-order valence-electron chi connectivity index (χ0n) is 10.5. The van der Waals surface area contributed by atoms with Crippen LogP contribution in [0.4, 0.5) is 10.1 Å². The van der Waals surface area contributed by atoms with Gasteiger partial charge in [0.15, 0.2) is 0 Å². The van der Waals surface area contributed by atoms with Crippen molar-refractivity contribution in [3.8, 4) is 0 Å². The van der Waals surface area contributed by atoms with Crippen molar-refractivity contribution >= 4 is 5.69 Å². The van der Waals surface area contributed by atoms with Gasteiger partial charge in [-0.25, -0.2) is 4.39 Å². The second-order valence-corrected chi connectivity index (χ2v) is 5.25. The number of rotatable bonds is 3. The van der Waals surface area contributed by atoms with E-state index in [1.165, 1.54) is 0 Å². The van der Waals surface area contributed by atoms with Gasteiger partial charge in [0.2, 0.25) is 0 Å². The van der Waals surface area contributed by atoms with Crippen molar-refractivity contribution in [2.24, 2.45) is 5.73 Å².